The Hall–Kier alpha value is -2.90. The molecular formula is C16H19FN4O3. The van der Waals surface area contributed by atoms with E-state index in [4.69, 9.17) is 4.74 Å². The lowest BCUT2D eigenvalue weighted by Gasteiger charge is -2.14. The van der Waals surface area contributed by atoms with Crippen LogP contribution in [0.4, 0.5) is 4.39 Å². The average Bonchev–Trinajstić information content (AvgIpc) is 3.06. The van der Waals surface area contributed by atoms with E-state index in [2.05, 4.69) is 20.8 Å². The van der Waals surface area contributed by atoms with Gasteiger partial charge in [0.15, 0.2) is 0 Å². The van der Waals surface area contributed by atoms with Gasteiger partial charge in [0.25, 0.3) is 5.91 Å². The maximum atomic E-state index is 13.1. The number of ether oxygens (including phenoxy) is 1. The maximum absolute atomic E-state index is 13.1. The van der Waals surface area contributed by atoms with E-state index in [1.54, 1.807) is 19.1 Å². The molecule has 0 saturated heterocycles. The summed E-state index contributed by atoms with van der Waals surface area (Å²) in [6, 6.07) is 6.65. The quantitative estimate of drug-likeness (QED) is 0.713. The molecule has 1 unspecified atom stereocenters. The zero-order valence-electron chi connectivity index (χ0n) is 13.4. The number of aromatic nitrogens is 2. The first kappa shape index (κ1) is 17.5. The van der Waals surface area contributed by atoms with Crippen molar-refractivity contribution >= 4 is 11.8 Å². The third-order valence-corrected chi connectivity index (χ3v) is 3.33. The molecule has 0 bridgehead atoms. The number of likely N-dealkylation sites (N-methyl/N-ethyl adjacent to an activating group) is 1. The van der Waals surface area contributed by atoms with Gasteiger partial charge in [-0.1, -0.05) is 13.0 Å². The van der Waals surface area contributed by atoms with Crippen LogP contribution < -0.4 is 15.4 Å². The Labute approximate surface area is 138 Å². The molecule has 1 atom stereocenters. The summed E-state index contributed by atoms with van der Waals surface area (Å²) in [5.41, 5.74) is 0.701. The molecule has 0 radical (unpaired) electrons. The molecule has 8 heteroatoms. The number of aromatic amines is 1. The van der Waals surface area contributed by atoms with Gasteiger partial charge in [0.05, 0.1) is 5.69 Å². The summed E-state index contributed by atoms with van der Waals surface area (Å²) < 4.78 is 18.5. The molecule has 0 aliphatic heterocycles. The molecule has 128 valence electrons. The number of carbonyl (C=O) groups is 2. The van der Waals surface area contributed by atoms with Crippen molar-refractivity contribution in [3.05, 3.63) is 47.5 Å². The fraction of sp³-hybridized carbons (Fsp3) is 0.312. The van der Waals surface area contributed by atoms with Crippen LogP contribution in [0.1, 0.15) is 29.5 Å². The largest absolute Gasteiger partial charge is 0.487 e. The molecule has 1 aromatic heterocycles. The molecule has 0 aliphatic rings. The first-order valence-corrected chi connectivity index (χ1v) is 7.48. The molecule has 24 heavy (non-hydrogen) atoms. The van der Waals surface area contributed by atoms with Crippen LogP contribution in [-0.4, -0.2) is 35.1 Å². The van der Waals surface area contributed by atoms with Gasteiger partial charge < -0.3 is 15.4 Å². The van der Waals surface area contributed by atoms with Crippen LogP contribution in [0.5, 0.6) is 5.75 Å². The molecule has 1 aromatic carbocycles. The topological polar surface area (TPSA) is 96.1 Å². The van der Waals surface area contributed by atoms with Crippen LogP contribution in [-0.2, 0) is 11.4 Å². The second-order valence-corrected chi connectivity index (χ2v) is 5.07. The highest BCUT2D eigenvalue weighted by atomic mass is 19.1. The van der Waals surface area contributed by atoms with Gasteiger partial charge >= 0.3 is 0 Å². The summed E-state index contributed by atoms with van der Waals surface area (Å²) in [6.07, 6.45) is 0.464. The maximum Gasteiger partial charge on any atom is 0.272 e. The lowest BCUT2D eigenvalue weighted by atomic mass is 10.2. The fourth-order valence-electron chi connectivity index (χ4n) is 2.03. The number of rotatable bonds is 7. The average molecular weight is 334 g/mol. The summed E-state index contributed by atoms with van der Waals surface area (Å²) in [6.45, 7) is 1.90. The standard InChI is InChI=1S/C16H19FN4O3/c1-3-13(15(22)18-2)19-16(23)14-8-11(20-21-14)9-24-12-6-4-5-10(17)7-12/h4-8,13H,3,9H2,1-2H3,(H,18,22)(H,19,23)(H,20,21). The summed E-state index contributed by atoms with van der Waals surface area (Å²) in [5, 5.41) is 11.7. The third kappa shape index (κ3) is 4.55. The number of benzene rings is 1. The zero-order valence-corrected chi connectivity index (χ0v) is 13.4. The number of carbonyl (C=O) groups excluding carboxylic acids is 2. The van der Waals surface area contributed by atoms with Crippen LogP contribution in [0.3, 0.4) is 0 Å². The second-order valence-electron chi connectivity index (χ2n) is 5.07. The minimum atomic E-state index is -0.619. The molecule has 0 saturated carbocycles. The van der Waals surface area contributed by atoms with Crippen molar-refractivity contribution in [2.24, 2.45) is 0 Å². The van der Waals surface area contributed by atoms with Crippen molar-refractivity contribution in [1.29, 1.82) is 0 Å². The molecule has 0 aliphatic carbocycles. The van der Waals surface area contributed by atoms with Crippen LogP contribution in [0, 0.1) is 5.82 Å². The van der Waals surface area contributed by atoms with Crippen LogP contribution in [0.2, 0.25) is 0 Å². The Morgan fingerprint density at radius 2 is 2.17 bits per heavy atom. The lowest BCUT2D eigenvalue weighted by molar-refractivity contribution is -0.122. The SMILES string of the molecule is CCC(NC(=O)c1cc(COc2cccc(F)c2)[nH]n1)C(=O)NC. The van der Waals surface area contributed by atoms with Gasteiger partial charge in [0.2, 0.25) is 5.91 Å². The molecule has 2 aromatic rings. The third-order valence-electron chi connectivity index (χ3n) is 3.33. The number of hydrogen-bond acceptors (Lipinski definition) is 4. The molecule has 2 amide bonds. The van der Waals surface area contributed by atoms with Crippen LogP contribution in [0.25, 0.3) is 0 Å². The van der Waals surface area contributed by atoms with Crippen molar-refractivity contribution in [1.82, 2.24) is 20.8 Å². The predicted octanol–water partition coefficient (Wildman–Crippen LogP) is 1.38. The first-order valence-electron chi connectivity index (χ1n) is 7.48. The monoisotopic (exact) mass is 334 g/mol. The lowest BCUT2D eigenvalue weighted by Crippen LogP contribution is -2.45. The van der Waals surface area contributed by atoms with Gasteiger partial charge in [-0.3, -0.25) is 14.7 Å². The van der Waals surface area contributed by atoms with E-state index in [1.165, 1.54) is 25.2 Å². The van der Waals surface area contributed by atoms with Crippen molar-refractivity contribution in [2.45, 2.75) is 26.0 Å². The van der Waals surface area contributed by atoms with E-state index < -0.39 is 17.8 Å². The number of amides is 2. The van der Waals surface area contributed by atoms with E-state index in [0.717, 1.165) is 0 Å². The minimum Gasteiger partial charge on any atom is -0.487 e. The molecule has 3 N–H and O–H groups in total. The van der Waals surface area contributed by atoms with Crippen molar-refractivity contribution in [2.75, 3.05) is 7.05 Å². The predicted molar refractivity (Wildman–Crippen MR) is 84.9 cm³/mol. The number of H-pyrrole nitrogens is 1. The molecule has 2 rings (SSSR count). The van der Waals surface area contributed by atoms with E-state index in [0.29, 0.717) is 17.9 Å². The Kier molecular flexibility index (Phi) is 5.89. The summed E-state index contributed by atoms with van der Waals surface area (Å²) in [4.78, 5) is 23.7. The van der Waals surface area contributed by atoms with E-state index in [-0.39, 0.29) is 18.2 Å². The molecule has 1 heterocycles. The first-order chi connectivity index (χ1) is 11.5. The summed E-state index contributed by atoms with van der Waals surface area (Å²) in [5.74, 6) is -0.743. The number of halogens is 1. The van der Waals surface area contributed by atoms with Gasteiger partial charge in [-0.05, 0) is 24.6 Å². The van der Waals surface area contributed by atoms with Crippen molar-refractivity contribution in [3.63, 3.8) is 0 Å². The second kappa shape index (κ2) is 8.09. The fourth-order valence-corrected chi connectivity index (χ4v) is 2.03. The van der Waals surface area contributed by atoms with E-state index >= 15 is 0 Å². The number of hydrogen-bond donors (Lipinski definition) is 3. The number of nitrogens with zero attached hydrogens (tertiary/aromatic N) is 1. The van der Waals surface area contributed by atoms with E-state index in [9.17, 15) is 14.0 Å². The zero-order chi connectivity index (χ0) is 17.5. The summed E-state index contributed by atoms with van der Waals surface area (Å²) in [7, 11) is 1.51. The molecule has 0 fully saturated rings. The van der Waals surface area contributed by atoms with Gasteiger partial charge in [-0.15, -0.1) is 0 Å². The van der Waals surface area contributed by atoms with Crippen molar-refractivity contribution < 1.29 is 18.7 Å². The van der Waals surface area contributed by atoms with Gasteiger partial charge in [-0.25, -0.2) is 4.39 Å². The van der Waals surface area contributed by atoms with Crippen LogP contribution >= 0.6 is 0 Å². The minimum absolute atomic E-state index is 0.108. The highest BCUT2D eigenvalue weighted by Gasteiger charge is 2.20. The van der Waals surface area contributed by atoms with Gasteiger partial charge in [0.1, 0.15) is 29.9 Å². The van der Waals surface area contributed by atoms with E-state index in [1.807, 2.05) is 0 Å². The van der Waals surface area contributed by atoms with Crippen LogP contribution in [0.15, 0.2) is 30.3 Å². The Balaban J connectivity index is 1.94. The smallest absolute Gasteiger partial charge is 0.272 e. The molecular weight excluding hydrogens is 315 g/mol. The highest BCUT2D eigenvalue weighted by Crippen LogP contribution is 2.13. The summed E-state index contributed by atoms with van der Waals surface area (Å²) >= 11 is 0. The van der Waals surface area contributed by atoms with Gasteiger partial charge in [0, 0.05) is 13.1 Å². The highest BCUT2D eigenvalue weighted by molar-refractivity contribution is 5.96. The molecule has 0 spiro atoms. The van der Waals surface area contributed by atoms with Crippen molar-refractivity contribution in [3.8, 4) is 5.75 Å². The Morgan fingerprint density at radius 1 is 1.38 bits per heavy atom. The normalized spacial score (nSPS) is 11.6. The van der Waals surface area contributed by atoms with Gasteiger partial charge in [-0.2, -0.15) is 5.10 Å². The molecule has 7 nitrogen and oxygen atoms in total. The Bertz CT molecular complexity index is 717. The Morgan fingerprint density at radius 3 is 2.83 bits per heavy atom. The number of nitrogens with one attached hydrogen (secondary N) is 3.